The van der Waals surface area contributed by atoms with E-state index in [9.17, 15) is 14.4 Å². The minimum Gasteiger partial charge on any atom is -0.462 e. The van der Waals surface area contributed by atoms with Gasteiger partial charge in [0.2, 0.25) is 0 Å². The lowest BCUT2D eigenvalue weighted by atomic mass is 10.0. The van der Waals surface area contributed by atoms with Gasteiger partial charge in [-0.1, -0.05) is 317 Å². The van der Waals surface area contributed by atoms with Gasteiger partial charge in [-0.2, -0.15) is 0 Å². The van der Waals surface area contributed by atoms with E-state index in [1.54, 1.807) is 0 Å². The van der Waals surface area contributed by atoms with Crippen molar-refractivity contribution >= 4 is 17.9 Å². The Bertz CT molecular complexity index is 1580. The van der Waals surface area contributed by atoms with E-state index in [-0.39, 0.29) is 31.1 Å². The summed E-state index contributed by atoms with van der Waals surface area (Å²) in [6, 6.07) is 0. The molecule has 1 unspecified atom stereocenters. The van der Waals surface area contributed by atoms with Gasteiger partial charge in [0.1, 0.15) is 13.2 Å². The molecular formula is C75H130O6. The molecule has 0 aliphatic rings. The standard InChI is InChI=1S/C75H130O6/c1-4-7-10-13-16-19-22-25-28-30-32-34-36-37-39-40-42-44-47-50-53-56-59-62-65-68-74(77)80-71-72(70-79-73(76)67-64-61-58-55-52-49-46-27-24-21-18-15-12-9-6-3)81-75(78)69-66-63-60-57-54-51-48-45-43-41-38-35-33-31-29-26-23-20-17-14-11-8-5-2/h7,10,16,19,25,28,31-34,37,39,42,44,50,53,72H,4-6,8-9,11-15,17-18,20-24,26-27,29-30,35-36,38,40-41,43,45-49,51-52,54-71H2,1-3H3/b10-7-,19-16-,28-25-,33-31-,34-32-,39-37-,44-42-,53-50-. The molecule has 0 aromatic heterocycles. The van der Waals surface area contributed by atoms with Crippen molar-refractivity contribution in [2.75, 3.05) is 13.2 Å². The molecule has 81 heavy (non-hydrogen) atoms. The van der Waals surface area contributed by atoms with E-state index in [2.05, 4.69) is 118 Å². The molecule has 0 amide bonds. The van der Waals surface area contributed by atoms with Crippen molar-refractivity contribution in [2.45, 2.75) is 348 Å². The molecule has 0 fully saturated rings. The van der Waals surface area contributed by atoms with Gasteiger partial charge in [0.15, 0.2) is 6.10 Å². The van der Waals surface area contributed by atoms with Crippen molar-refractivity contribution in [3.8, 4) is 0 Å². The van der Waals surface area contributed by atoms with Crippen LogP contribution >= 0.6 is 0 Å². The molecule has 0 rings (SSSR count). The Balaban J connectivity index is 4.40. The van der Waals surface area contributed by atoms with Gasteiger partial charge in [-0.15, -0.1) is 0 Å². The van der Waals surface area contributed by atoms with E-state index in [1.807, 2.05) is 0 Å². The molecule has 0 aromatic carbocycles. The number of rotatable bonds is 63. The Kier molecular flexibility index (Phi) is 65.7. The third-order valence-corrected chi connectivity index (χ3v) is 15.1. The minimum absolute atomic E-state index is 0.0854. The van der Waals surface area contributed by atoms with Crippen molar-refractivity contribution < 1.29 is 28.6 Å². The van der Waals surface area contributed by atoms with Crippen molar-refractivity contribution in [1.82, 2.24) is 0 Å². The molecule has 0 aliphatic heterocycles. The number of hydrogen-bond acceptors (Lipinski definition) is 6. The van der Waals surface area contributed by atoms with Crippen LogP contribution in [0.4, 0.5) is 0 Å². The Hall–Kier alpha value is -3.67. The fourth-order valence-electron chi connectivity index (χ4n) is 9.89. The topological polar surface area (TPSA) is 78.9 Å². The van der Waals surface area contributed by atoms with Crippen LogP contribution in [0.25, 0.3) is 0 Å². The highest BCUT2D eigenvalue weighted by molar-refractivity contribution is 5.71. The Morgan fingerprint density at radius 2 is 0.481 bits per heavy atom. The highest BCUT2D eigenvalue weighted by atomic mass is 16.6. The van der Waals surface area contributed by atoms with Gasteiger partial charge in [-0.05, 0) is 103 Å². The first kappa shape index (κ1) is 77.3. The molecule has 6 nitrogen and oxygen atoms in total. The van der Waals surface area contributed by atoms with Gasteiger partial charge in [-0.3, -0.25) is 14.4 Å². The van der Waals surface area contributed by atoms with Gasteiger partial charge < -0.3 is 14.2 Å². The number of carbonyl (C=O) groups is 3. The average molecular weight is 1130 g/mol. The maximum Gasteiger partial charge on any atom is 0.306 e. The molecule has 466 valence electrons. The largest absolute Gasteiger partial charge is 0.462 e. The summed E-state index contributed by atoms with van der Waals surface area (Å²) >= 11 is 0. The molecule has 0 heterocycles. The van der Waals surface area contributed by atoms with E-state index in [1.165, 1.54) is 193 Å². The van der Waals surface area contributed by atoms with Crippen LogP contribution in [0.3, 0.4) is 0 Å². The summed E-state index contributed by atoms with van der Waals surface area (Å²) in [5.74, 6) is -0.904. The van der Waals surface area contributed by atoms with Crippen molar-refractivity contribution in [1.29, 1.82) is 0 Å². The molecule has 0 N–H and O–H groups in total. The van der Waals surface area contributed by atoms with Gasteiger partial charge in [0.25, 0.3) is 0 Å². The monoisotopic (exact) mass is 1130 g/mol. The molecule has 0 saturated carbocycles. The van der Waals surface area contributed by atoms with Crippen LogP contribution in [0.1, 0.15) is 342 Å². The fourth-order valence-corrected chi connectivity index (χ4v) is 9.89. The van der Waals surface area contributed by atoms with E-state index >= 15 is 0 Å². The summed E-state index contributed by atoms with van der Waals surface area (Å²) < 4.78 is 17.0. The maximum atomic E-state index is 13.0. The summed E-state index contributed by atoms with van der Waals surface area (Å²) in [6.07, 6.45) is 92.8. The molecule has 0 aliphatic carbocycles. The molecule has 0 bridgehead atoms. The molecule has 6 heteroatoms. The van der Waals surface area contributed by atoms with Gasteiger partial charge in [0, 0.05) is 19.3 Å². The van der Waals surface area contributed by atoms with Crippen LogP contribution in [-0.4, -0.2) is 37.2 Å². The zero-order valence-electron chi connectivity index (χ0n) is 53.5. The van der Waals surface area contributed by atoms with E-state index in [0.29, 0.717) is 19.3 Å². The van der Waals surface area contributed by atoms with Gasteiger partial charge in [0.05, 0.1) is 0 Å². The Morgan fingerprint density at radius 3 is 0.778 bits per heavy atom. The first-order valence-corrected chi connectivity index (χ1v) is 34.7. The zero-order chi connectivity index (χ0) is 58.5. The first-order valence-electron chi connectivity index (χ1n) is 34.7. The lowest BCUT2D eigenvalue weighted by Gasteiger charge is -2.18. The summed E-state index contributed by atoms with van der Waals surface area (Å²) in [5, 5.41) is 0. The van der Waals surface area contributed by atoms with Crippen LogP contribution in [0.5, 0.6) is 0 Å². The second kappa shape index (κ2) is 68.8. The minimum atomic E-state index is -0.793. The molecule has 0 saturated heterocycles. The van der Waals surface area contributed by atoms with Gasteiger partial charge >= 0.3 is 17.9 Å². The average Bonchev–Trinajstić information content (AvgIpc) is 3.47. The maximum absolute atomic E-state index is 13.0. The lowest BCUT2D eigenvalue weighted by molar-refractivity contribution is -0.167. The predicted molar refractivity (Wildman–Crippen MR) is 353 cm³/mol. The SMILES string of the molecule is CC/C=C\C/C=C\C/C=C\C/C=C\C/C=C\C/C=C\C/C=C\CCCCCC(=O)OCC(COC(=O)CCCCCCCCCCCCCCCCC)OC(=O)CCCCCCCCCCCCC/C=C\CCCCCCCCCC. The number of unbranched alkanes of at least 4 members (excludes halogenated alkanes) is 36. The quantitative estimate of drug-likeness (QED) is 0.0261. The summed E-state index contributed by atoms with van der Waals surface area (Å²) in [4.78, 5) is 38.4. The molecule has 0 aromatic rings. The fraction of sp³-hybridized carbons (Fsp3) is 0.747. The number of hydrogen-bond donors (Lipinski definition) is 0. The zero-order valence-corrected chi connectivity index (χ0v) is 53.5. The van der Waals surface area contributed by atoms with Crippen LogP contribution in [0.15, 0.2) is 97.2 Å². The second-order valence-corrected chi connectivity index (χ2v) is 23.1. The van der Waals surface area contributed by atoms with Crippen LogP contribution < -0.4 is 0 Å². The normalized spacial score (nSPS) is 12.7. The van der Waals surface area contributed by atoms with Crippen molar-refractivity contribution in [2.24, 2.45) is 0 Å². The van der Waals surface area contributed by atoms with Gasteiger partial charge in [-0.25, -0.2) is 0 Å². The molecule has 1 atom stereocenters. The van der Waals surface area contributed by atoms with Crippen LogP contribution in [0.2, 0.25) is 0 Å². The highest BCUT2D eigenvalue weighted by Gasteiger charge is 2.19. The Morgan fingerprint density at radius 1 is 0.259 bits per heavy atom. The van der Waals surface area contributed by atoms with E-state index in [4.69, 9.17) is 14.2 Å². The highest BCUT2D eigenvalue weighted by Crippen LogP contribution is 2.17. The summed E-state index contributed by atoms with van der Waals surface area (Å²) in [7, 11) is 0. The van der Waals surface area contributed by atoms with Crippen molar-refractivity contribution in [3.63, 3.8) is 0 Å². The smallest absolute Gasteiger partial charge is 0.306 e. The molecule has 0 spiro atoms. The van der Waals surface area contributed by atoms with Crippen LogP contribution in [0, 0.1) is 0 Å². The van der Waals surface area contributed by atoms with Crippen molar-refractivity contribution in [3.05, 3.63) is 97.2 Å². The molecule has 0 radical (unpaired) electrons. The molecular weight excluding hydrogens is 997 g/mol. The number of carbonyl (C=O) groups excluding carboxylic acids is 3. The number of allylic oxidation sites excluding steroid dienone is 16. The van der Waals surface area contributed by atoms with Crippen LogP contribution in [-0.2, 0) is 28.6 Å². The second-order valence-electron chi connectivity index (χ2n) is 23.1. The van der Waals surface area contributed by atoms with E-state index in [0.717, 1.165) is 109 Å². The predicted octanol–water partition coefficient (Wildman–Crippen LogP) is 24.0. The lowest BCUT2D eigenvalue weighted by Crippen LogP contribution is -2.30. The first-order chi connectivity index (χ1) is 40.0. The van der Waals surface area contributed by atoms with E-state index < -0.39 is 6.10 Å². The third kappa shape index (κ3) is 67.0. The number of ether oxygens (including phenoxy) is 3. The Labute approximate surface area is 502 Å². The summed E-state index contributed by atoms with van der Waals surface area (Å²) in [6.45, 7) is 6.54. The number of esters is 3. The third-order valence-electron chi connectivity index (χ3n) is 15.1. The summed E-state index contributed by atoms with van der Waals surface area (Å²) in [5.41, 5.74) is 0.